The van der Waals surface area contributed by atoms with E-state index in [9.17, 15) is 4.79 Å². The van der Waals surface area contributed by atoms with E-state index >= 15 is 0 Å². The second-order valence-corrected chi connectivity index (χ2v) is 6.55. The van der Waals surface area contributed by atoms with Crippen LogP contribution in [0.5, 0.6) is 0 Å². The van der Waals surface area contributed by atoms with E-state index < -0.39 is 0 Å². The molecule has 0 fully saturated rings. The molecule has 1 aliphatic rings. The van der Waals surface area contributed by atoms with Crippen LogP contribution in [0.15, 0.2) is 5.51 Å². The van der Waals surface area contributed by atoms with Gasteiger partial charge in [0.15, 0.2) is 5.13 Å². The number of rotatable bonds is 2. The summed E-state index contributed by atoms with van der Waals surface area (Å²) in [4.78, 5) is 22.5. The van der Waals surface area contributed by atoms with Gasteiger partial charge >= 0.3 is 0 Å². The van der Waals surface area contributed by atoms with Crippen LogP contribution in [0.3, 0.4) is 0 Å². The maximum absolute atomic E-state index is 12.1. The van der Waals surface area contributed by atoms with Gasteiger partial charge in [0.1, 0.15) is 4.88 Å². The number of halogens is 2. The van der Waals surface area contributed by atoms with Gasteiger partial charge in [-0.2, -0.15) is 0 Å². The van der Waals surface area contributed by atoms with Crippen LogP contribution < -0.4 is 11.1 Å². The number of carbonyl (C=O) groups excluding carboxylic acids is 1. The van der Waals surface area contributed by atoms with Crippen molar-refractivity contribution in [3.63, 3.8) is 0 Å². The molecule has 3 N–H and O–H groups in total. The molecular formula is C12H16Cl2N4OS2. The lowest BCUT2D eigenvalue weighted by molar-refractivity contribution is 0.103. The van der Waals surface area contributed by atoms with Gasteiger partial charge in [-0.15, -0.1) is 47.5 Å². The number of nitrogens with two attached hydrogens (primary N) is 1. The Balaban J connectivity index is 0.00000110. The Kier molecular flexibility index (Phi) is 6.55. The quantitative estimate of drug-likeness (QED) is 0.855. The second kappa shape index (κ2) is 7.51. The Morgan fingerprint density at radius 3 is 2.90 bits per heavy atom. The Hall–Kier alpha value is -0.730. The minimum Gasteiger partial charge on any atom is -0.327 e. The van der Waals surface area contributed by atoms with Crippen molar-refractivity contribution in [1.29, 1.82) is 0 Å². The summed E-state index contributed by atoms with van der Waals surface area (Å²) in [5.74, 6) is -0.129. The number of hydrogen-bond donors (Lipinski definition) is 2. The highest BCUT2D eigenvalue weighted by Gasteiger charge is 2.21. The fourth-order valence-electron chi connectivity index (χ4n) is 2.13. The van der Waals surface area contributed by atoms with E-state index in [1.54, 1.807) is 5.51 Å². The maximum atomic E-state index is 12.1. The number of aryl methyl sites for hydroxylation is 2. The molecule has 2 aromatic rings. The van der Waals surface area contributed by atoms with Crippen molar-refractivity contribution in [3.05, 3.63) is 26.7 Å². The van der Waals surface area contributed by atoms with Crippen LogP contribution in [0.4, 0.5) is 5.13 Å². The number of nitrogens with zero attached hydrogens (tertiary/aromatic N) is 2. The van der Waals surface area contributed by atoms with E-state index in [2.05, 4.69) is 15.3 Å². The molecule has 0 radical (unpaired) electrons. The molecule has 0 bridgehead atoms. The Morgan fingerprint density at radius 2 is 2.24 bits per heavy atom. The largest absolute Gasteiger partial charge is 0.327 e. The first-order chi connectivity index (χ1) is 9.13. The third-order valence-corrected chi connectivity index (χ3v) is 5.11. The summed E-state index contributed by atoms with van der Waals surface area (Å²) < 4.78 is 0. The molecule has 0 unspecified atom stereocenters. The zero-order valence-corrected chi connectivity index (χ0v) is 14.6. The number of aromatic nitrogens is 2. The third-order valence-electron chi connectivity index (χ3n) is 3.15. The van der Waals surface area contributed by atoms with Gasteiger partial charge in [-0.3, -0.25) is 10.1 Å². The smallest absolute Gasteiger partial charge is 0.269 e. The normalized spacial score (nSPS) is 16.4. The van der Waals surface area contributed by atoms with Gasteiger partial charge in [0.05, 0.1) is 16.9 Å². The lowest BCUT2D eigenvalue weighted by atomic mass is 9.99. The summed E-state index contributed by atoms with van der Waals surface area (Å²) in [6.45, 7) is 1.83. The topological polar surface area (TPSA) is 80.9 Å². The van der Waals surface area contributed by atoms with Gasteiger partial charge in [-0.25, -0.2) is 9.97 Å². The SMILES string of the molecule is Cc1ncsc1C(=O)Nc1nc2c(s1)C[C@@H](N)CC2.Cl.Cl. The molecule has 2 aromatic heterocycles. The number of carbonyl (C=O) groups is 1. The molecular weight excluding hydrogens is 351 g/mol. The molecule has 0 saturated carbocycles. The first-order valence-corrected chi connectivity index (χ1v) is 7.78. The standard InChI is InChI=1S/C12H14N4OS2.2ClH/c1-6-10(18-5-14-6)11(17)16-12-15-8-3-2-7(13)4-9(8)19-12;;/h5,7H,2-4,13H2,1H3,(H,15,16,17);2*1H/t7-;;/m0../s1. The molecule has 2 heterocycles. The van der Waals surface area contributed by atoms with Crippen LogP contribution in [-0.4, -0.2) is 21.9 Å². The van der Waals surface area contributed by atoms with Crippen LogP contribution in [0.25, 0.3) is 0 Å². The second-order valence-electron chi connectivity index (χ2n) is 4.61. The molecule has 9 heteroatoms. The zero-order valence-electron chi connectivity index (χ0n) is 11.3. The van der Waals surface area contributed by atoms with Gasteiger partial charge in [0, 0.05) is 10.9 Å². The van der Waals surface area contributed by atoms with E-state index in [-0.39, 0.29) is 36.8 Å². The van der Waals surface area contributed by atoms with E-state index in [1.165, 1.54) is 27.6 Å². The monoisotopic (exact) mass is 366 g/mol. The molecule has 0 aliphatic heterocycles. The van der Waals surface area contributed by atoms with Gasteiger partial charge < -0.3 is 5.73 Å². The van der Waals surface area contributed by atoms with Gasteiger partial charge in [-0.05, 0) is 26.2 Å². The average molecular weight is 367 g/mol. The molecule has 21 heavy (non-hydrogen) atoms. The van der Waals surface area contributed by atoms with Gasteiger partial charge in [0.25, 0.3) is 5.91 Å². The van der Waals surface area contributed by atoms with E-state index in [0.717, 1.165) is 30.7 Å². The Bertz CT molecular complexity index is 629. The number of hydrogen-bond acceptors (Lipinski definition) is 6. The van der Waals surface area contributed by atoms with E-state index in [4.69, 9.17) is 5.73 Å². The summed E-state index contributed by atoms with van der Waals surface area (Å²) >= 11 is 2.88. The average Bonchev–Trinajstić information content (AvgIpc) is 2.94. The van der Waals surface area contributed by atoms with Crippen LogP contribution in [0.2, 0.25) is 0 Å². The first-order valence-electron chi connectivity index (χ1n) is 6.09. The fraction of sp³-hybridized carbons (Fsp3) is 0.417. The third kappa shape index (κ3) is 3.92. The highest BCUT2D eigenvalue weighted by Crippen LogP contribution is 2.29. The Morgan fingerprint density at radius 1 is 1.48 bits per heavy atom. The molecule has 0 spiro atoms. The summed E-state index contributed by atoms with van der Waals surface area (Å²) in [7, 11) is 0. The summed E-state index contributed by atoms with van der Waals surface area (Å²) in [5, 5.41) is 3.52. The van der Waals surface area contributed by atoms with Crippen molar-refractivity contribution in [2.45, 2.75) is 32.2 Å². The molecule has 3 rings (SSSR count). The lowest BCUT2D eigenvalue weighted by Gasteiger charge is -2.15. The highest BCUT2D eigenvalue weighted by molar-refractivity contribution is 7.16. The number of thiazole rings is 2. The van der Waals surface area contributed by atoms with Crippen molar-refractivity contribution in [2.24, 2.45) is 5.73 Å². The van der Waals surface area contributed by atoms with E-state index in [0.29, 0.717) is 10.0 Å². The van der Waals surface area contributed by atoms with Crippen LogP contribution in [-0.2, 0) is 12.8 Å². The first kappa shape index (κ1) is 18.3. The Labute approximate surface area is 143 Å². The molecule has 5 nitrogen and oxygen atoms in total. The summed E-state index contributed by atoms with van der Waals surface area (Å²) in [6.07, 6.45) is 2.74. The van der Waals surface area contributed by atoms with Crippen LogP contribution in [0.1, 0.15) is 32.4 Å². The molecule has 116 valence electrons. The zero-order chi connectivity index (χ0) is 13.4. The van der Waals surface area contributed by atoms with Crippen molar-refractivity contribution in [1.82, 2.24) is 9.97 Å². The van der Waals surface area contributed by atoms with Gasteiger partial charge in [-0.1, -0.05) is 0 Å². The molecule has 1 atom stereocenters. The number of amides is 1. The number of nitrogens with one attached hydrogen (secondary N) is 1. The lowest BCUT2D eigenvalue weighted by Crippen LogP contribution is -2.27. The van der Waals surface area contributed by atoms with Crippen molar-refractivity contribution >= 4 is 58.5 Å². The summed E-state index contributed by atoms with van der Waals surface area (Å²) in [5.41, 5.74) is 9.46. The number of fused-ring (bicyclic) bond motifs is 1. The number of anilines is 1. The van der Waals surface area contributed by atoms with E-state index in [1.807, 2.05) is 6.92 Å². The van der Waals surface area contributed by atoms with Crippen molar-refractivity contribution in [3.8, 4) is 0 Å². The minimum absolute atomic E-state index is 0. The molecule has 0 aromatic carbocycles. The molecule has 1 amide bonds. The maximum Gasteiger partial charge on any atom is 0.269 e. The molecule has 0 saturated heterocycles. The van der Waals surface area contributed by atoms with Crippen LogP contribution >= 0.6 is 47.5 Å². The predicted octanol–water partition coefficient (Wildman–Crippen LogP) is 2.82. The van der Waals surface area contributed by atoms with Crippen molar-refractivity contribution in [2.75, 3.05) is 5.32 Å². The van der Waals surface area contributed by atoms with Crippen molar-refractivity contribution < 1.29 is 4.79 Å². The highest BCUT2D eigenvalue weighted by atomic mass is 35.5. The van der Waals surface area contributed by atoms with Crippen LogP contribution in [0, 0.1) is 6.92 Å². The predicted molar refractivity (Wildman–Crippen MR) is 91.4 cm³/mol. The summed E-state index contributed by atoms with van der Waals surface area (Å²) in [6, 6.07) is 0.222. The minimum atomic E-state index is -0.129. The van der Waals surface area contributed by atoms with Gasteiger partial charge in [0.2, 0.25) is 0 Å². The fourth-order valence-corrected chi connectivity index (χ4v) is 3.92. The molecule has 1 aliphatic carbocycles.